The zero-order valence-electron chi connectivity index (χ0n) is 16.5. The molecule has 2 aromatic rings. The second-order valence-electron chi connectivity index (χ2n) is 7.74. The van der Waals surface area contributed by atoms with Crippen LogP contribution in [0, 0.1) is 6.92 Å². The molecule has 1 aromatic heterocycles. The fourth-order valence-corrected chi connectivity index (χ4v) is 5.35. The van der Waals surface area contributed by atoms with Gasteiger partial charge in [0, 0.05) is 5.56 Å². The van der Waals surface area contributed by atoms with Crippen LogP contribution in [0.1, 0.15) is 26.8 Å². The first-order chi connectivity index (χ1) is 13.7. The lowest BCUT2D eigenvalue weighted by Crippen LogP contribution is -3.25. The first kappa shape index (κ1) is 19.7. The molecule has 6 heteroatoms. The van der Waals surface area contributed by atoms with E-state index in [0.29, 0.717) is 0 Å². The van der Waals surface area contributed by atoms with Gasteiger partial charge in [0.15, 0.2) is 6.04 Å². The molecule has 0 unspecified atom stereocenters. The molecule has 2 fully saturated rings. The summed E-state index contributed by atoms with van der Waals surface area (Å²) in [6.45, 7) is 8.70. The number of morpholine rings is 2. The van der Waals surface area contributed by atoms with Crippen LogP contribution < -0.4 is 9.80 Å². The number of hydrogen-bond donors (Lipinski definition) is 2. The maximum absolute atomic E-state index is 13.8. The molecule has 2 atom stereocenters. The first-order valence-electron chi connectivity index (χ1n) is 10.2. The van der Waals surface area contributed by atoms with Gasteiger partial charge in [0.1, 0.15) is 26.2 Å². The van der Waals surface area contributed by atoms with E-state index in [1.54, 1.807) is 11.3 Å². The summed E-state index contributed by atoms with van der Waals surface area (Å²) in [4.78, 5) is 18.0. The number of hydrogen-bond acceptors (Lipinski definition) is 4. The Hall–Kier alpha value is -1.57. The Kier molecular flexibility index (Phi) is 6.54. The Morgan fingerprint density at radius 2 is 1.54 bits per heavy atom. The van der Waals surface area contributed by atoms with Crippen molar-refractivity contribution in [2.24, 2.45) is 0 Å². The second kappa shape index (κ2) is 9.29. The third-order valence-corrected chi connectivity index (χ3v) is 6.91. The Balaban J connectivity index is 1.72. The van der Waals surface area contributed by atoms with Crippen LogP contribution >= 0.6 is 11.3 Å². The van der Waals surface area contributed by atoms with Gasteiger partial charge in [-0.25, -0.2) is 0 Å². The third kappa shape index (κ3) is 4.36. The molecule has 0 radical (unpaired) electrons. The Morgan fingerprint density at radius 3 is 2.11 bits per heavy atom. The first-order valence-corrected chi connectivity index (χ1v) is 11.1. The van der Waals surface area contributed by atoms with Gasteiger partial charge < -0.3 is 19.3 Å². The highest BCUT2D eigenvalue weighted by Gasteiger charge is 2.46. The van der Waals surface area contributed by atoms with Crippen LogP contribution in [0.3, 0.4) is 0 Å². The molecule has 0 amide bonds. The lowest BCUT2D eigenvalue weighted by molar-refractivity contribution is -0.998. The lowest BCUT2D eigenvalue weighted by Gasteiger charge is -2.39. The van der Waals surface area contributed by atoms with E-state index >= 15 is 0 Å². The minimum absolute atomic E-state index is 0.0987. The maximum atomic E-state index is 13.8. The molecular weight excluding hydrogens is 372 g/mol. The SMILES string of the molecule is Cc1ccc(C(=O)[C@H]([C@@H](c2cccs2)[NH+]2CCOCC2)[NH+]2CCOCC2)cc1. The van der Waals surface area contributed by atoms with Crippen molar-refractivity contribution in [1.82, 2.24) is 0 Å². The number of nitrogens with one attached hydrogen (secondary N) is 2. The number of aryl methyl sites for hydroxylation is 1. The standard InChI is InChI=1S/C22H28N2O3S/c1-17-4-6-18(7-5-17)22(25)21(24-10-14-27-15-11-24)20(19-3-2-16-28-19)23-8-12-26-13-9-23/h2-7,16,20-21H,8-15H2,1H3/p+2/t20-,21+/m1/s1. The number of carbonyl (C=O) groups is 1. The minimum Gasteiger partial charge on any atom is -0.370 e. The Morgan fingerprint density at radius 1 is 0.929 bits per heavy atom. The summed E-state index contributed by atoms with van der Waals surface area (Å²) in [6.07, 6.45) is 0. The van der Waals surface area contributed by atoms with E-state index in [1.807, 2.05) is 24.3 Å². The minimum atomic E-state index is -0.0987. The molecule has 0 saturated carbocycles. The summed E-state index contributed by atoms with van der Waals surface area (Å²) in [5.41, 5.74) is 2.00. The summed E-state index contributed by atoms with van der Waals surface area (Å²) in [6, 6.07) is 12.4. The van der Waals surface area contributed by atoms with Crippen LogP contribution in [-0.2, 0) is 9.47 Å². The number of thiophene rings is 1. The van der Waals surface area contributed by atoms with E-state index in [4.69, 9.17) is 9.47 Å². The fraction of sp³-hybridized carbons (Fsp3) is 0.500. The molecule has 2 aliphatic heterocycles. The van der Waals surface area contributed by atoms with Crippen LogP contribution in [0.25, 0.3) is 0 Å². The summed E-state index contributed by atoms with van der Waals surface area (Å²) in [7, 11) is 0. The van der Waals surface area contributed by atoms with Gasteiger partial charge in [-0.1, -0.05) is 35.9 Å². The number of quaternary nitrogens is 2. The Bertz CT molecular complexity index is 751. The summed E-state index contributed by atoms with van der Waals surface area (Å²) in [5.74, 6) is 0.259. The smallest absolute Gasteiger partial charge is 0.226 e. The molecule has 3 heterocycles. The number of rotatable bonds is 6. The van der Waals surface area contributed by atoms with E-state index in [0.717, 1.165) is 58.2 Å². The third-order valence-electron chi connectivity index (χ3n) is 5.95. The number of ketones is 1. The lowest BCUT2D eigenvalue weighted by atomic mass is 9.93. The van der Waals surface area contributed by atoms with E-state index in [2.05, 4.69) is 24.4 Å². The van der Waals surface area contributed by atoms with Gasteiger partial charge >= 0.3 is 0 Å². The number of benzene rings is 1. The summed E-state index contributed by atoms with van der Waals surface area (Å²) >= 11 is 1.77. The maximum Gasteiger partial charge on any atom is 0.226 e. The quantitative estimate of drug-likeness (QED) is 0.678. The number of carbonyl (C=O) groups excluding carboxylic acids is 1. The highest BCUT2D eigenvalue weighted by Crippen LogP contribution is 2.22. The van der Waals surface area contributed by atoms with Crippen molar-refractivity contribution < 1.29 is 24.1 Å². The molecule has 2 N–H and O–H groups in total. The summed E-state index contributed by atoms with van der Waals surface area (Å²) < 4.78 is 11.2. The highest BCUT2D eigenvalue weighted by atomic mass is 32.1. The van der Waals surface area contributed by atoms with Crippen LogP contribution in [-0.4, -0.2) is 64.4 Å². The van der Waals surface area contributed by atoms with Gasteiger partial charge in [0.2, 0.25) is 11.8 Å². The molecule has 2 aliphatic rings. The van der Waals surface area contributed by atoms with Crippen LogP contribution in [0.4, 0.5) is 0 Å². The van der Waals surface area contributed by atoms with Gasteiger partial charge in [-0.15, -0.1) is 11.3 Å². The normalized spacial score (nSPS) is 21.3. The van der Waals surface area contributed by atoms with Gasteiger partial charge in [0.25, 0.3) is 0 Å². The molecule has 1 aromatic carbocycles. The second-order valence-corrected chi connectivity index (χ2v) is 8.72. The zero-order chi connectivity index (χ0) is 19.3. The number of ether oxygens (including phenoxy) is 2. The van der Waals surface area contributed by atoms with Crippen LogP contribution in [0.5, 0.6) is 0 Å². The molecular formula is C22H30N2O3S+2. The average molecular weight is 403 g/mol. The van der Waals surface area contributed by atoms with Crippen LogP contribution in [0.2, 0.25) is 0 Å². The fourth-order valence-electron chi connectivity index (χ4n) is 4.43. The largest absolute Gasteiger partial charge is 0.370 e. The molecule has 28 heavy (non-hydrogen) atoms. The molecule has 0 spiro atoms. The predicted molar refractivity (Wildman–Crippen MR) is 109 cm³/mol. The van der Waals surface area contributed by atoms with Crippen molar-refractivity contribution in [1.29, 1.82) is 0 Å². The van der Waals surface area contributed by atoms with Crippen molar-refractivity contribution in [2.45, 2.75) is 19.0 Å². The van der Waals surface area contributed by atoms with Crippen molar-refractivity contribution in [3.05, 3.63) is 57.8 Å². The van der Waals surface area contributed by atoms with E-state index < -0.39 is 0 Å². The topological polar surface area (TPSA) is 44.4 Å². The average Bonchev–Trinajstić information content (AvgIpc) is 3.27. The molecule has 5 nitrogen and oxygen atoms in total. The van der Waals surface area contributed by atoms with Gasteiger partial charge in [-0.2, -0.15) is 0 Å². The van der Waals surface area contributed by atoms with Crippen molar-refractivity contribution >= 4 is 17.1 Å². The van der Waals surface area contributed by atoms with E-state index in [1.165, 1.54) is 20.2 Å². The van der Waals surface area contributed by atoms with E-state index in [-0.39, 0.29) is 17.9 Å². The van der Waals surface area contributed by atoms with Gasteiger partial charge in [0.05, 0.1) is 31.3 Å². The van der Waals surface area contributed by atoms with Crippen molar-refractivity contribution in [3.8, 4) is 0 Å². The summed E-state index contributed by atoms with van der Waals surface area (Å²) in [5, 5.41) is 2.13. The highest BCUT2D eigenvalue weighted by molar-refractivity contribution is 7.10. The van der Waals surface area contributed by atoms with Gasteiger partial charge in [-0.05, 0) is 18.4 Å². The van der Waals surface area contributed by atoms with Gasteiger partial charge in [-0.3, -0.25) is 4.79 Å². The Labute approximate surface area is 170 Å². The van der Waals surface area contributed by atoms with Crippen LogP contribution in [0.15, 0.2) is 41.8 Å². The zero-order valence-corrected chi connectivity index (χ0v) is 17.3. The van der Waals surface area contributed by atoms with E-state index in [9.17, 15) is 4.79 Å². The molecule has 150 valence electrons. The molecule has 0 bridgehead atoms. The number of Topliss-reactive ketones (excluding diaryl/α,β-unsaturated/α-hetero) is 1. The molecule has 4 rings (SSSR count). The predicted octanol–water partition coefficient (Wildman–Crippen LogP) is 0.179. The molecule has 0 aliphatic carbocycles. The van der Waals surface area contributed by atoms with Crippen molar-refractivity contribution in [3.63, 3.8) is 0 Å². The van der Waals surface area contributed by atoms with Crippen molar-refractivity contribution in [2.75, 3.05) is 52.6 Å². The molecule has 2 saturated heterocycles. The monoisotopic (exact) mass is 402 g/mol.